The number of hydrogen-bond acceptors (Lipinski definition) is 1. The van der Waals surface area contributed by atoms with Crippen molar-refractivity contribution in [2.45, 2.75) is 51.0 Å². The minimum absolute atomic E-state index is 0.0000798. The highest BCUT2D eigenvalue weighted by atomic mass is 35.5. The summed E-state index contributed by atoms with van der Waals surface area (Å²) >= 11 is 5.86. The van der Waals surface area contributed by atoms with Gasteiger partial charge in [0.05, 0.1) is 0 Å². The molecule has 1 rings (SSSR count). The maximum absolute atomic E-state index is 5.86. The molecular formula is C18H30ClN. The molecule has 20 heavy (non-hydrogen) atoms. The van der Waals surface area contributed by atoms with Crippen molar-refractivity contribution in [3.8, 4) is 0 Å². The highest BCUT2D eigenvalue weighted by Gasteiger charge is 2.29. The number of allylic oxidation sites excluding steroid dienone is 3. The first-order chi connectivity index (χ1) is 9.55. The molecule has 0 saturated heterocycles. The van der Waals surface area contributed by atoms with Crippen LogP contribution in [0.15, 0.2) is 37.0 Å². The van der Waals surface area contributed by atoms with E-state index in [1.807, 2.05) is 13.1 Å². The van der Waals surface area contributed by atoms with Crippen LogP contribution in [-0.2, 0) is 0 Å². The van der Waals surface area contributed by atoms with Crippen LogP contribution in [0, 0.1) is 11.8 Å². The van der Waals surface area contributed by atoms with Crippen LogP contribution >= 0.6 is 11.6 Å². The predicted octanol–water partition coefficient (Wildman–Crippen LogP) is 5.09. The highest BCUT2D eigenvalue weighted by molar-refractivity contribution is 6.17. The Morgan fingerprint density at radius 2 is 2.35 bits per heavy atom. The Morgan fingerprint density at radius 3 is 2.85 bits per heavy atom. The van der Waals surface area contributed by atoms with Crippen molar-refractivity contribution in [1.29, 1.82) is 0 Å². The summed E-state index contributed by atoms with van der Waals surface area (Å²) in [6.45, 7) is 10.6. The molecule has 0 amide bonds. The zero-order valence-electron chi connectivity index (χ0n) is 13.1. The summed E-state index contributed by atoms with van der Waals surface area (Å²) in [5.74, 6) is 1.80. The number of alkyl halides is 1. The zero-order valence-corrected chi connectivity index (χ0v) is 13.9. The average Bonchev–Trinajstić information content (AvgIpc) is 2.47. The van der Waals surface area contributed by atoms with Crippen LogP contribution in [0.1, 0.15) is 45.4 Å². The number of rotatable bonds is 9. The van der Waals surface area contributed by atoms with Crippen molar-refractivity contribution in [2.24, 2.45) is 11.8 Å². The lowest BCUT2D eigenvalue weighted by atomic mass is 9.77. The van der Waals surface area contributed by atoms with Crippen LogP contribution in [0.2, 0.25) is 0 Å². The number of likely N-dealkylation sites (N-methyl/N-ethyl adjacent to an activating group) is 1. The molecule has 0 fully saturated rings. The van der Waals surface area contributed by atoms with Gasteiger partial charge < -0.3 is 5.32 Å². The van der Waals surface area contributed by atoms with Gasteiger partial charge >= 0.3 is 0 Å². The minimum Gasteiger partial charge on any atom is -0.311 e. The third-order valence-electron chi connectivity index (χ3n) is 4.68. The monoisotopic (exact) mass is 295 g/mol. The fourth-order valence-corrected chi connectivity index (χ4v) is 3.27. The van der Waals surface area contributed by atoms with Gasteiger partial charge in [-0.25, -0.2) is 0 Å². The van der Waals surface area contributed by atoms with E-state index < -0.39 is 0 Å². The molecule has 3 atom stereocenters. The van der Waals surface area contributed by atoms with Gasteiger partial charge in [-0.3, -0.25) is 0 Å². The Balaban J connectivity index is 2.65. The summed E-state index contributed by atoms with van der Waals surface area (Å²) in [4.78, 5) is 0. The summed E-state index contributed by atoms with van der Waals surface area (Å²) in [6, 6.07) is 0. The molecule has 0 aromatic carbocycles. The van der Waals surface area contributed by atoms with Crippen molar-refractivity contribution in [1.82, 2.24) is 5.32 Å². The van der Waals surface area contributed by atoms with Crippen LogP contribution in [-0.4, -0.2) is 18.5 Å². The molecule has 1 N–H and O–H groups in total. The Bertz CT molecular complexity index is 347. The van der Waals surface area contributed by atoms with Gasteiger partial charge in [0, 0.05) is 11.4 Å². The largest absolute Gasteiger partial charge is 0.311 e. The Morgan fingerprint density at radius 1 is 1.60 bits per heavy atom. The predicted molar refractivity (Wildman–Crippen MR) is 91.3 cm³/mol. The molecule has 1 aliphatic rings. The lowest BCUT2D eigenvalue weighted by Gasteiger charge is -2.36. The van der Waals surface area contributed by atoms with Gasteiger partial charge in [-0.15, -0.1) is 18.2 Å². The van der Waals surface area contributed by atoms with Crippen LogP contribution in [0.4, 0.5) is 0 Å². The zero-order chi connectivity index (χ0) is 15.0. The fourth-order valence-electron chi connectivity index (χ4n) is 2.99. The lowest BCUT2D eigenvalue weighted by Crippen LogP contribution is -2.43. The van der Waals surface area contributed by atoms with Gasteiger partial charge in [-0.05, 0) is 64.3 Å². The minimum atomic E-state index is -0.0000798. The normalized spacial score (nSPS) is 23.1. The van der Waals surface area contributed by atoms with E-state index in [0.29, 0.717) is 17.7 Å². The van der Waals surface area contributed by atoms with Crippen LogP contribution in [0.5, 0.6) is 0 Å². The molecule has 0 heterocycles. The molecule has 3 unspecified atom stereocenters. The van der Waals surface area contributed by atoms with Crippen molar-refractivity contribution in [3.63, 3.8) is 0 Å². The summed E-state index contributed by atoms with van der Waals surface area (Å²) in [5.41, 5.74) is 1.27. The third-order valence-corrected chi connectivity index (χ3v) is 4.90. The Hall–Kier alpha value is -0.530. The van der Waals surface area contributed by atoms with Gasteiger partial charge in [0.15, 0.2) is 0 Å². The standard InChI is InChI=1S/C18H30ClN/c1-5-16(11-12-19)13-15(2)18(3,20-4)14-17-9-7-6-8-10-17/h5,7,9,16-17,20H,1-2,6,8,10-14H2,3-4H3. The number of hydrogen-bond donors (Lipinski definition) is 1. The van der Waals surface area contributed by atoms with Gasteiger partial charge in [-0.2, -0.15) is 0 Å². The molecule has 0 bridgehead atoms. The quantitative estimate of drug-likeness (QED) is 0.461. The van der Waals surface area contributed by atoms with Crippen LogP contribution in [0.3, 0.4) is 0 Å². The molecular weight excluding hydrogens is 266 g/mol. The fraction of sp³-hybridized carbons (Fsp3) is 0.667. The van der Waals surface area contributed by atoms with Gasteiger partial charge in [0.25, 0.3) is 0 Å². The first kappa shape index (κ1) is 17.5. The summed E-state index contributed by atoms with van der Waals surface area (Å²) < 4.78 is 0. The molecule has 1 nitrogen and oxygen atoms in total. The van der Waals surface area contributed by atoms with E-state index in [1.54, 1.807) is 0 Å². The molecule has 0 spiro atoms. The maximum Gasteiger partial charge on any atom is 0.0365 e. The van der Waals surface area contributed by atoms with Crippen molar-refractivity contribution in [3.05, 3.63) is 37.0 Å². The molecule has 0 aromatic heterocycles. The second-order valence-electron chi connectivity index (χ2n) is 6.19. The van der Waals surface area contributed by atoms with Gasteiger partial charge in [-0.1, -0.05) is 30.4 Å². The van der Waals surface area contributed by atoms with E-state index >= 15 is 0 Å². The van der Waals surface area contributed by atoms with Crippen LogP contribution in [0.25, 0.3) is 0 Å². The van der Waals surface area contributed by atoms with E-state index in [9.17, 15) is 0 Å². The second kappa shape index (κ2) is 8.69. The number of nitrogens with one attached hydrogen (secondary N) is 1. The van der Waals surface area contributed by atoms with Crippen molar-refractivity contribution < 1.29 is 0 Å². The topological polar surface area (TPSA) is 12.0 Å². The molecule has 114 valence electrons. The maximum atomic E-state index is 5.86. The van der Waals surface area contributed by atoms with E-state index in [2.05, 4.69) is 37.6 Å². The SMILES string of the molecule is C=CC(CCCl)CC(=C)C(C)(CC1C=CCCC1)NC. The molecule has 0 aliphatic heterocycles. The van der Waals surface area contributed by atoms with E-state index in [1.165, 1.54) is 24.8 Å². The number of halogens is 1. The highest BCUT2D eigenvalue weighted by Crippen LogP contribution is 2.33. The lowest BCUT2D eigenvalue weighted by molar-refractivity contribution is 0.334. The summed E-state index contributed by atoms with van der Waals surface area (Å²) in [7, 11) is 2.04. The Labute approximate surface area is 130 Å². The molecule has 1 aliphatic carbocycles. The average molecular weight is 296 g/mol. The van der Waals surface area contributed by atoms with Gasteiger partial charge in [0.2, 0.25) is 0 Å². The first-order valence-corrected chi connectivity index (χ1v) is 8.31. The molecule has 0 radical (unpaired) electrons. The van der Waals surface area contributed by atoms with Gasteiger partial charge in [0.1, 0.15) is 0 Å². The third kappa shape index (κ3) is 5.10. The second-order valence-corrected chi connectivity index (χ2v) is 6.56. The Kier molecular flexibility index (Phi) is 7.61. The van der Waals surface area contributed by atoms with E-state index in [-0.39, 0.29) is 5.54 Å². The van der Waals surface area contributed by atoms with Crippen molar-refractivity contribution >= 4 is 11.6 Å². The summed E-state index contributed by atoms with van der Waals surface area (Å²) in [6.07, 6.45) is 13.7. The molecule has 2 heteroatoms. The van der Waals surface area contributed by atoms with E-state index in [0.717, 1.165) is 19.3 Å². The van der Waals surface area contributed by atoms with Crippen molar-refractivity contribution in [2.75, 3.05) is 12.9 Å². The first-order valence-electron chi connectivity index (χ1n) is 7.78. The smallest absolute Gasteiger partial charge is 0.0365 e. The van der Waals surface area contributed by atoms with E-state index in [4.69, 9.17) is 11.6 Å². The summed E-state index contributed by atoms with van der Waals surface area (Å²) in [5, 5.41) is 3.50. The van der Waals surface area contributed by atoms with Crippen LogP contribution < -0.4 is 5.32 Å². The molecule has 0 saturated carbocycles. The molecule has 0 aromatic rings.